The van der Waals surface area contributed by atoms with Crippen LogP contribution in [0.5, 0.6) is 11.5 Å². The molecule has 0 unspecified atom stereocenters. The molecule has 0 N–H and O–H groups in total. The zero-order chi connectivity index (χ0) is 94.7. The van der Waals surface area contributed by atoms with E-state index in [4.69, 9.17) is 149 Å². The van der Waals surface area contributed by atoms with E-state index in [9.17, 15) is 59.4 Å². The molecule has 0 saturated carbocycles. The number of carboxylic acids is 6. The molecule has 666 valence electrons. The van der Waals surface area contributed by atoms with Gasteiger partial charge in [-0.15, -0.1) is 0 Å². The normalized spacial score (nSPS) is 10.5. The number of aromatic carboxylic acids is 6. The molecule has 0 aliphatic heterocycles. The Morgan fingerprint density at radius 3 is 0.892 bits per heavy atom. The smallest absolute Gasteiger partial charge is 0.137 e. The first-order valence-corrected chi connectivity index (χ1v) is 44.1. The van der Waals surface area contributed by atoms with Crippen molar-refractivity contribution in [2.45, 2.75) is 65.7 Å². The van der Waals surface area contributed by atoms with Crippen molar-refractivity contribution in [2.24, 2.45) is 0 Å². The van der Waals surface area contributed by atoms with Gasteiger partial charge in [-0.05, 0) is 163 Å². The highest BCUT2D eigenvalue weighted by atomic mass is 35.5. The van der Waals surface area contributed by atoms with Crippen molar-refractivity contribution in [1.82, 2.24) is 0 Å². The van der Waals surface area contributed by atoms with Crippen LogP contribution in [-0.4, -0.2) is 50.0 Å². The Hall–Kier alpha value is -11.3. The monoisotopic (exact) mass is 1970 g/mol. The molecule has 26 heteroatoms. The molecule has 0 aliphatic carbocycles. The van der Waals surface area contributed by atoms with Crippen LogP contribution in [0.3, 0.4) is 0 Å². The third-order valence-corrected chi connectivity index (χ3v) is 25.4. The van der Waals surface area contributed by atoms with E-state index in [2.05, 4.69) is 6.58 Å². The number of methoxy groups -OCH3 is 2. The lowest BCUT2D eigenvalue weighted by Gasteiger charge is -2.16. The van der Waals surface area contributed by atoms with Gasteiger partial charge < -0.3 is 68.9 Å². The van der Waals surface area contributed by atoms with E-state index >= 15 is 0 Å². The van der Waals surface area contributed by atoms with Gasteiger partial charge in [-0.1, -0.05) is 377 Å². The highest BCUT2D eigenvalue weighted by Crippen LogP contribution is 2.43. The Kier molecular flexibility index (Phi) is 38.7. The van der Waals surface area contributed by atoms with Gasteiger partial charge in [-0.3, -0.25) is 0 Å². The number of benzene rings is 14. The molecule has 0 atom stereocenters. The molecule has 0 radical (unpaired) electrons. The highest BCUT2D eigenvalue weighted by Gasteiger charge is 2.22. The zero-order valence-corrected chi connectivity index (χ0v) is 79.0. The van der Waals surface area contributed by atoms with E-state index < -0.39 is 35.8 Å². The predicted octanol–water partition coefficient (Wildman–Crippen LogP) is 22.9. The number of rotatable bonds is 24. The molecule has 0 saturated heterocycles. The summed E-state index contributed by atoms with van der Waals surface area (Å²) < 4.78 is 10.6. The van der Waals surface area contributed by atoms with Crippen molar-refractivity contribution in [3.63, 3.8) is 0 Å². The minimum Gasteiger partial charge on any atom is -0.545 e. The molecular formula is C104H76Cl12O14-6. The second-order valence-corrected chi connectivity index (χ2v) is 33.5. The summed E-state index contributed by atoms with van der Waals surface area (Å²) in [5, 5.41) is 73.2. The quantitative estimate of drug-likeness (QED) is 0.0545. The number of para-hydroxylation sites is 1. The van der Waals surface area contributed by atoms with Gasteiger partial charge in [-0.25, -0.2) is 0 Å². The number of carbonyl (C=O) groups is 6. The molecule has 0 aliphatic rings. The molecule has 0 aromatic heterocycles. The maximum atomic E-state index is 11.4. The van der Waals surface area contributed by atoms with E-state index in [1.54, 1.807) is 165 Å². The third-order valence-electron chi connectivity index (χ3n) is 20.5. The van der Waals surface area contributed by atoms with Crippen molar-refractivity contribution in [3.05, 3.63) is 457 Å². The number of halogens is 12. The first-order valence-electron chi connectivity index (χ1n) is 39.5. The maximum absolute atomic E-state index is 11.4. The van der Waals surface area contributed by atoms with Gasteiger partial charge in [0, 0.05) is 129 Å². The van der Waals surface area contributed by atoms with Gasteiger partial charge in [0.1, 0.15) is 11.5 Å². The van der Waals surface area contributed by atoms with E-state index in [0.717, 1.165) is 62.1 Å². The Bertz CT molecular complexity index is 6400. The molecule has 14 aromatic carbocycles. The van der Waals surface area contributed by atoms with E-state index in [-0.39, 0.29) is 39.8 Å². The van der Waals surface area contributed by atoms with Gasteiger partial charge in [0.2, 0.25) is 0 Å². The molecule has 14 rings (SSSR count). The molecule has 130 heavy (non-hydrogen) atoms. The number of carboxylic acid groups (broad SMARTS) is 6. The van der Waals surface area contributed by atoms with Crippen molar-refractivity contribution in [3.8, 4) is 33.8 Å². The summed E-state index contributed by atoms with van der Waals surface area (Å²) in [5.74, 6) is -6.08. The first kappa shape index (κ1) is 102. The second-order valence-electron chi connectivity index (χ2n) is 28.8. The third kappa shape index (κ3) is 26.8. The Balaban J connectivity index is 0.000000176. The van der Waals surface area contributed by atoms with Crippen molar-refractivity contribution in [1.29, 1.82) is 0 Å². The largest absolute Gasteiger partial charge is 0.545 e. The van der Waals surface area contributed by atoms with Crippen molar-refractivity contribution >= 4 is 181 Å². The van der Waals surface area contributed by atoms with Crippen LogP contribution >= 0.6 is 139 Å². The van der Waals surface area contributed by atoms with Crippen molar-refractivity contribution < 1.29 is 68.9 Å². The van der Waals surface area contributed by atoms with Gasteiger partial charge >= 0.3 is 0 Å². The molecule has 0 spiro atoms. The van der Waals surface area contributed by atoms with Crippen LogP contribution in [0, 0.1) is 6.92 Å². The highest BCUT2D eigenvalue weighted by molar-refractivity contribution is 6.40. The SMILES string of the molecule is C=C(C)c1ccc(Cl)c(Cc2ccccc2C(=O)[O-])c1Cl.CCc1ccc(Cl)c(Cc2ccccc2C(=O)[O-])c1Cl.COc1ccc(Cl)c(Cc2ccccc2C(=O)[O-])c1Cl.COc1ccccc1-c1ccc(Cl)c(Cc2ccccc2C(=O)[O-])c1Cl.Cc1ccc(Cl)c(Cc2ccccc2C(=O)[O-])c1Cl.O=C([O-])c1ccccc1Cc1c(Cl)ccc(-c2ccccc2)c1Cl. The van der Waals surface area contributed by atoms with Crippen LogP contribution in [0.1, 0.15) is 159 Å². The number of aryl methyl sites for hydroxylation is 2. The van der Waals surface area contributed by atoms with Gasteiger partial charge in [0.15, 0.2) is 0 Å². The maximum Gasteiger partial charge on any atom is 0.137 e. The van der Waals surface area contributed by atoms with Crippen LogP contribution in [0.25, 0.3) is 27.8 Å². The van der Waals surface area contributed by atoms with Crippen LogP contribution in [0.2, 0.25) is 60.3 Å². The summed E-state index contributed by atoms with van der Waals surface area (Å²) in [6.45, 7) is 9.62. The fourth-order valence-electron chi connectivity index (χ4n) is 13.8. The Morgan fingerprint density at radius 2 is 0.538 bits per heavy atom. The summed E-state index contributed by atoms with van der Waals surface area (Å²) in [6.07, 6.45) is 2.75. The molecule has 14 aromatic rings. The zero-order valence-electron chi connectivity index (χ0n) is 69.9. The fourth-order valence-corrected chi connectivity index (χ4v) is 17.4. The van der Waals surface area contributed by atoms with Gasteiger partial charge in [0.25, 0.3) is 0 Å². The standard InChI is InChI=1S/C21H16Cl2O3.C20H14Cl2O2.C17H14Cl2O2.C16H14Cl2O2.C15H12Cl2O3.C15H12Cl2O2/c1-26-19-9-5-4-8-15(19)16-10-11-18(22)17(20(16)23)12-13-6-2-3-7-14(13)21(24)25;21-18-11-10-15(13-6-2-1-3-7-13)19(22)17(18)12-14-8-4-5-9-16(14)20(23)24;1-10(2)12-7-8-15(18)14(16(12)19)9-11-5-3-4-6-13(11)17(20)21;1-2-10-7-8-14(17)13(15(10)18)9-11-5-3-4-6-12(11)16(19)20;1-20-13-7-6-12(16)11(14(13)17)8-9-4-2-3-5-10(9)15(18)19;1-9-6-7-13(16)12(14(9)17)8-10-4-2-3-5-11(10)15(18)19/h2-11H,12H2,1H3,(H,24,25);1-11H,12H2,(H,23,24);3-8H,1,9H2,2H3,(H,20,21);3-8H,2,9H2,1H3,(H,19,20);2-7H,8H2,1H3,(H,18,19);2-7H,8H2,1H3,(H,18,19)/p-6. The fraction of sp³-hybridized carbons (Fsp3) is 0.115. The van der Waals surface area contributed by atoms with Gasteiger partial charge in [-0.2, -0.15) is 0 Å². The van der Waals surface area contributed by atoms with Gasteiger partial charge in [0.05, 0.1) is 70.1 Å². The van der Waals surface area contributed by atoms with Crippen LogP contribution in [-0.2, 0) is 44.9 Å². The lowest BCUT2D eigenvalue weighted by Crippen LogP contribution is -2.23. The lowest BCUT2D eigenvalue weighted by molar-refractivity contribution is -0.256. The number of ether oxygens (including phenoxy) is 2. The summed E-state index contributed by atoms with van der Waals surface area (Å²) in [6, 6.07) is 78.7. The molecule has 14 nitrogen and oxygen atoms in total. The minimum absolute atomic E-state index is 0.127. The predicted molar refractivity (Wildman–Crippen MR) is 513 cm³/mol. The Morgan fingerprint density at radius 1 is 0.262 bits per heavy atom. The minimum atomic E-state index is -1.23. The number of hydrogen-bond acceptors (Lipinski definition) is 14. The van der Waals surface area contributed by atoms with Crippen LogP contribution < -0.4 is 40.1 Å². The summed E-state index contributed by atoms with van der Waals surface area (Å²) in [7, 11) is 3.10. The van der Waals surface area contributed by atoms with Crippen LogP contribution in [0.4, 0.5) is 0 Å². The molecular weight excluding hydrogens is 1900 g/mol. The molecule has 0 heterocycles. The molecule has 0 amide bonds. The van der Waals surface area contributed by atoms with E-state index in [1.165, 1.54) is 43.5 Å². The Labute approximate surface area is 812 Å². The lowest BCUT2D eigenvalue weighted by atomic mass is 9.96. The molecule has 0 fully saturated rings. The average Bonchev–Trinajstić information content (AvgIpc) is 0.795. The average molecular weight is 1980 g/mol. The summed E-state index contributed by atoms with van der Waals surface area (Å²) in [5.41, 5.74) is 15.7. The number of hydrogen-bond donors (Lipinski definition) is 0. The van der Waals surface area contributed by atoms with Crippen molar-refractivity contribution in [2.75, 3.05) is 14.2 Å². The first-order chi connectivity index (χ1) is 62.1. The number of carbonyl (C=O) groups excluding carboxylic acids is 6. The second kappa shape index (κ2) is 49.1. The van der Waals surface area contributed by atoms with E-state index in [1.807, 2.05) is 99.6 Å². The number of allylic oxidation sites excluding steroid dienone is 1. The topological polar surface area (TPSA) is 259 Å². The van der Waals surface area contributed by atoms with Crippen LogP contribution in [0.15, 0.2) is 280 Å². The van der Waals surface area contributed by atoms with E-state index in [0.29, 0.717) is 160 Å². The molecule has 0 bridgehead atoms. The summed E-state index contributed by atoms with van der Waals surface area (Å²) in [4.78, 5) is 67.1. The summed E-state index contributed by atoms with van der Waals surface area (Å²) >= 11 is 75.8.